The summed E-state index contributed by atoms with van der Waals surface area (Å²) < 4.78 is 10.6. The molecule has 0 saturated carbocycles. The Labute approximate surface area is 132 Å². The predicted octanol–water partition coefficient (Wildman–Crippen LogP) is 3.34. The summed E-state index contributed by atoms with van der Waals surface area (Å²) >= 11 is 0. The number of rotatable bonds is 4. The smallest absolute Gasteiger partial charge is 0.412 e. The molecule has 1 atom stereocenters. The fraction of sp³-hybridized carbons (Fsp3) is 0.588. The molecule has 0 aromatic heterocycles. The third kappa shape index (κ3) is 4.91. The van der Waals surface area contributed by atoms with Gasteiger partial charge in [0.15, 0.2) is 0 Å². The molecule has 0 bridgehead atoms. The van der Waals surface area contributed by atoms with Crippen LogP contribution in [0.25, 0.3) is 0 Å². The number of nitrogens with one attached hydrogen (secondary N) is 2. The minimum absolute atomic E-state index is 0.470. The Morgan fingerprint density at radius 1 is 1.41 bits per heavy atom. The Hall–Kier alpha value is -1.75. The molecule has 122 valence electrons. The Kier molecular flexibility index (Phi) is 5.29. The summed E-state index contributed by atoms with van der Waals surface area (Å²) in [6.45, 7) is 6.60. The molecule has 0 aliphatic carbocycles. The monoisotopic (exact) mass is 306 g/mol. The second-order valence-corrected chi connectivity index (χ2v) is 6.66. The van der Waals surface area contributed by atoms with Gasteiger partial charge in [-0.05, 0) is 64.3 Å². The Morgan fingerprint density at radius 2 is 2.18 bits per heavy atom. The minimum Gasteiger partial charge on any atom is -0.495 e. The molecule has 1 unspecified atom stereocenters. The zero-order valence-corrected chi connectivity index (χ0v) is 13.9. The van der Waals surface area contributed by atoms with Crippen LogP contribution in [0.1, 0.15) is 39.2 Å². The molecule has 2 N–H and O–H groups in total. The van der Waals surface area contributed by atoms with E-state index < -0.39 is 11.7 Å². The summed E-state index contributed by atoms with van der Waals surface area (Å²) in [6.07, 6.45) is 2.90. The van der Waals surface area contributed by atoms with E-state index in [1.54, 1.807) is 7.11 Å². The van der Waals surface area contributed by atoms with Crippen molar-refractivity contribution in [2.24, 2.45) is 0 Å². The standard InChI is InChI=1S/C17H26N2O3/c1-17(2,3)22-16(20)19-14-11-12(7-8-15(14)21-4)10-13-6-5-9-18-13/h7-8,11,13,18H,5-6,9-10H2,1-4H3,(H,19,20). The highest BCUT2D eigenvalue weighted by atomic mass is 16.6. The van der Waals surface area contributed by atoms with Crippen molar-refractivity contribution in [2.45, 2.75) is 51.7 Å². The molecule has 1 saturated heterocycles. The topological polar surface area (TPSA) is 59.6 Å². The first-order valence-corrected chi connectivity index (χ1v) is 7.78. The maximum atomic E-state index is 12.0. The average molecular weight is 306 g/mol. The maximum absolute atomic E-state index is 12.0. The van der Waals surface area contributed by atoms with E-state index in [1.165, 1.54) is 18.4 Å². The zero-order chi connectivity index (χ0) is 16.2. The molecule has 5 nitrogen and oxygen atoms in total. The summed E-state index contributed by atoms with van der Waals surface area (Å²) in [6, 6.07) is 6.40. The van der Waals surface area contributed by atoms with Crippen LogP contribution in [0.3, 0.4) is 0 Å². The van der Waals surface area contributed by atoms with Crippen molar-refractivity contribution in [3.05, 3.63) is 23.8 Å². The number of carbonyl (C=O) groups is 1. The third-order valence-electron chi connectivity index (χ3n) is 3.54. The van der Waals surface area contributed by atoms with Crippen molar-refractivity contribution < 1.29 is 14.3 Å². The summed E-state index contributed by atoms with van der Waals surface area (Å²) in [7, 11) is 1.59. The van der Waals surface area contributed by atoms with Crippen LogP contribution >= 0.6 is 0 Å². The van der Waals surface area contributed by atoms with Crippen LogP contribution in [0.4, 0.5) is 10.5 Å². The number of methoxy groups -OCH3 is 1. The van der Waals surface area contributed by atoms with Gasteiger partial charge in [0.1, 0.15) is 11.4 Å². The predicted molar refractivity (Wildman–Crippen MR) is 87.6 cm³/mol. The summed E-state index contributed by atoms with van der Waals surface area (Å²) in [4.78, 5) is 12.0. The minimum atomic E-state index is -0.525. The van der Waals surface area contributed by atoms with Gasteiger partial charge < -0.3 is 14.8 Å². The molecular weight excluding hydrogens is 280 g/mol. The molecule has 1 fully saturated rings. The van der Waals surface area contributed by atoms with Gasteiger partial charge >= 0.3 is 6.09 Å². The molecule has 0 spiro atoms. The number of hydrogen-bond donors (Lipinski definition) is 2. The highest BCUT2D eigenvalue weighted by Crippen LogP contribution is 2.27. The average Bonchev–Trinajstić information content (AvgIpc) is 2.89. The van der Waals surface area contributed by atoms with Crippen molar-refractivity contribution in [1.82, 2.24) is 5.32 Å². The number of carbonyl (C=O) groups excluding carboxylic acids is 1. The van der Waals surface area contributed by atoms with Gasteiger partial charge in [-0.1, -0.05) is 6.07 Å². The fourth-order valence-corrected chi connectivity index (χ4v) is 2.61. The number of hydrogen-bond acceptors (Lipinski definition) is 4. The van der Waals surface area contributed by atoms with E-state index in [0.29, 0.717) is 17.5 Å². The first-order valence-electron chi connectivity index (χ1n) is 7.78. The van der Waals surface area contributed by atoms with Gasteiger partial charge in [0.05, 0.1) is 12.8 Å². The van der Waals surface area contributed by atoms with Crippen LogP contribution in [0.2, 0.25) is 0 Å². The summed E-state index contributed by atoms with van der Waals surface area (Å²) in [5.41, 5.74) is 1.29. The van der Waals surface area contributed by atoms with Gasteiger partial charge in [-0.3, -0.25) is 5.32 Å². The van der Waals surface area contributed by atoms with Crippen LogP contribution < -0.4 is 15.4 Å². The largest absolute Gasteiger partial charge is 0.495 e. The lowest BCUT2D eigenvalue weighted by atomic mass is 10.0. The molecule has 1 amide bonds. The molecule has 1 aromatic rings. The Bertz CT molecular complexity index is 517. The Balaban J connectivity index is 2.08. The highest BCUT2D eigenvalue weighted by molar-refractivity contribution is 5.87. The van der Waals surface area contributed by atoms with E-state index in [4.69, 9.17) is 9.47 Å². The molecule has 1 aliphatic rings. The number of benzene rings is 1. The van der Waals surface area contributed by atoms with Gasteiger partial charge in [0.25, 0.3) is 0 Å². The van der Waals surface area contributed by atoms with Crippen LogP contribution in [0, 0.1) is 0 Å². The number of anilines is 1. The van der Waals surface area contributed by atoms with Gasteiger partial charge in [-0.2, -0.15) is 0 Å². The highest BCUT2D eigenvalue weighted by Gasteiger charge is 2.19. The van der Waals surface area contributed by atoms with Gasteiger partial charge in [0, 0.05) is 6.04 Å². The zero-order valence-electron chi connectivity index (χ0n) is 13.9. The second kappa shape index (κ2) is 7.01. The SMILES string of the molecule is COc1ccc(CC2CCCN2)cc1NC(=O)OC(C)(C)C. The lowest BCUT2D eigenvalue weighted by molar-refractivity contribution is 0.0635. The van der Waals surface area contributed by atoms with E-state index in [1.807, 2.05) is 39.0 Å². The molecule has 1 aliphatic heterocycles. The fourth-order valence-electron chi connectivity index (χ4n) is 2.61. The molecular formula is C17H26N2O3. The van der Waals surface area contributed by atoms with E-state index in [9.17, 15) is 4.79 Å². The van der Waals surface area contributed by atoms with Gasteiger partial charge in [-0.25, -0.2) is 4.79 Å². The molecule has 1 aromatic carbocycles. The molecule has 5 heteroatoms. The summed E-state index contributed by atoms with van der Waals surface area (Å²) in [5.74, 6) is 0.633. The van der Waals surface area contributed by atoms with E-state index in [2.05, 4.69) is 10.6 Å². The normalized spacial score (nSPS) is 18.1. The molecule has 2 rings (SSSR count). The van der Waals surface area contributed by atoms with E-state index in [0.717, 1.165) is 13.0 Å². The van der Waals surface area contributed by atoms with E-state index >= 15 is 0 Å². The van der Waals surface area contributed by atoms with E-state index in [-0.39, 0.29) is 0 Å². The van der Waals surface area contributed by atoms with Crippen LogP contribution in [-0.2, 0) is 11.2 Å². The van der Waals surface area contributed by atoms with Crippen molar-refractivity contribution in [3.8, 4) is 5.75 Å². The van der Waals surface area contributed by atoms with Crippen molar-refractivity contribution in [1.29, 1.82) is 0 Å². The van der Waals surface area contributed by atoms with Crippen LogP contribution in [0.15, 0.2) is 18.2 Å². The van der Waals surface area contributed by atoms with Gasteiger partial charge in [-0.15, -0.1) is 0 Å². The second-order valence-electron chi connectivity index (χ2n) is 6.66. The molecule has 22 heavy (non-hydrogen) atoms. The van der Waals surface area contributed by atoms with Crippen LogP contribution in [-0.4, -0.2) is 31.4 Å². The molecule has 0 radical (unpaired) electrons. The van der Waals surface area contributed by atoms with Crippen molar-refractivity contribution in [3.63, 3.8) is 0 Å². The van der Waals surface area contributed by atoms with Gasteiger partial charge in [0.2, 0.25) is 0 Å². The summed E-state index contributed by atoms with van der Waals surface area (Å²) in [5, 5.41) is 6.26. The van der Waals surface area contributed by atoms with Crippen LogP contribution in [0.5, 0.6) is 5.75 Å². The number of amides is 1. The Morgan fingerprint density at radius 3 is 2.77 bits per heavy atom. The number of ether oxygens (including phenoxy) is 2. The lowest BCUT2D eigenvalue weighted by Crippen LogP contribution is -2.27. The first kappa shape index (κ1) is 16.6. The van der Waals surface area contributed by atoms with Crippen molar-refractivity contribution >= 4 is 11.8 Å². The van der Waals surface area contributed by atoms with Crippen molar-refractivity contribution in [2.75, 3.05) is 19.0 Å². The lowest BCUT2D eigenvalue weighted by Gasteiger charge is -2.20. The third-order valence-corrected chi connectivity index (χ3v) is 3.54. The maximum Gasteiger partial charge on any atom is 0.412 e. The first-order chi connectivity index (χ1) is 10.4. The quantitative estimate of drug-likeness (QED) is 0.895. The molecule has 1 heterocycles.